The summed E-state index contributed by atoms with van der Waals surface area (Å²) >= 11 is 18.3. The number of hydrogen-bond donors (Lipinski definition) is 1. The van der Waals surface area contributed by atoms with E-state index in [0.717, 1.165) is 10.6 Å². The first-order chi connectivity index (χ1) is 16.7. The number of carbonyl (C=O) groups excluding carboxylic acids is 2. The zero-order valence-corrected chi connectivity index (χ0v) is 24.1. The van der Waals surface area contributed by atoms with Gasteiger partial charge in [0.15, 0.2) is 0 Å². The molecule has 198 valence electrons. The van der Waals surface area contributed by atoms with E-state index < -0.39 is 28.5 Å². The molecule has 0 heterocycles. The molecule has 0 spiro atoms. The summed E-state index contributed by atoms with van der Waals surface area (Å²) in [5, 5.41) is 4.00. The van der Waals surface area contributed by atoms with Crippen LogP contribution in [0.15, 0.2) is 36.4 Å². The zero-order valence-electron chi connectivity index (χ0n) is 21.0. The van der Waals surface area contributed by atoms with Crippen LogP contribution in [0.5, 0.6) is 0 Å². The maximum absolute atomic E-state index is 13.7. The summed E-state index contributed by atoms with van der Waals surface area (Å²) in [5.41, 5.74) is 1.59. The molecule has 2 amide bonds. The van der Waals surface area contributed by atoms with Gasteiger partial charge in [0, 0.05) is 18.1 Å². The van der Waals surface area contributed by atoms with Gasteiger partial charge in [0.25, 0.3) is 0 Å². The molecule has 0 saturated carbocycles. The number of rotatable bonds is 11. The Labute approximate surface area is 228 Å². The minimum Gasteiger partial charge on any atom is -0.354 e. The lowest BCUT2D eigenvalue weighted by atomic mass is 10.1. The molecule has 2 rings (SSSR count). The van der Waals surface area contributed by atoms with Crippen molar-refractivity contribution < 1.29 is 18.0 Å². The molecule has 1 N–H and O–H groups in total. The van der Waals surface area contributed by atoms with Gasteiger partial charge in [0.05, 0.1) is 22.0 Å². The summed E-state index contributed by atoms with van der Waals surface area (Å²) in [6.07, 6.45) is 1.36. The predicted octanol–water partition coefficient (Wildman–Crippen LogP) is 5.30. The number of aryl methyl sites for hydroxylation is 1. The van der Waals surface area contributed by atoms with Crippen molar-refractivity contribution >= 4 is 62.3 Å². The number of nitrogens with one attached hydrogen (secondary N) is 1. The van der Waals surface area contributed by atoms with Crippen molar-refractivity contribution in [1.82, 2.24) is 10.2 Å². The number of halogens is 3. The molecule has 1 atom stereocenters. The number of anilines is 1. The topological polar surface area (TPSA) is 86.8 Å². The molecule has 0 aliphatic carbocycles. The lowest BCUT2D eigenvalue weighted by molar-refractivity contribution is -0.140. The Morgan fingerprint density at radius 3 is 2.22 bits per heavy atom. The van der Waals surface area contributed by atoms with Crippen molar-refractivity contribution in [2.75, 3.05) is 23.7 Å². The first kappa shape index (κ1) is 30.2. The van der Waals surface area contributed by atoms with E-state index in [2.05, 4.69) is 5.32 Å². The van der Waals surface area contributed by atoms with Gasteiger partial charge in [-0.2, -0.15) is 0 Å². The summed E-state index contributed by atoms with van der Waals surface area (Å²) in [5.74, 6) is -0.625. The van der Waals surface area contributed by atoms with Gasteiger partial charge in [-0.1, -0.05) is 61.6 Å². The van der Waals surface area contributed by atoms with Crippen molar-refractivity contribution in [3.8, 4) is 0 Å². The molecule has 0 aromatic heterocycles. The number of benzene rings is 2. The molecule has 0 radical (unpaired) electrons. The lowest BCUT2D eigenvalue weighted by Gasteiger charge is -2.33. The Kier molecular flexibility index (Phi) is 10.9. The average Bonchev–Trinajstić information content (AvgIpc) is 2.77. The normalized spacial score (nSPS) is 12.4. The summed E-state index contributed by atoms with van der Waals surface area (Å²) < 4.78 is 26.5. The predicted molar refractivity (Wildman–Crippen MR) is 147 cm³/mol. The Bertz CT molecular complexity index is 1210. The summed E-state index contributed by atoms with van der Waals surface area (Å²) in [4.78, 5) is 28.2. The van der Waals surface area contributed by atoms with E-state index in [0.29, 0.717) is 44.8 Å². The van der Waals surface area contributed by atoms with Gasteiger partial charge in [-0.05, 0) is 60.7 Å². The van der Waals surface area contributed by atoms with Crippen LogP contribution < -0.4 is 9.62 Å². The fourth-order valence-corrected chi connectivity index (χ4v) is 5.12. The van der Waals surface area contributed by atoms with Crippen molar-refractivity contribution in [3.05, 3.63) is 62.6 Å². The molecule has 2 aromatic rings. The monoisotopic (exact) mass is 575 g/mol. The van der Waals surface area contributed by atoms with Gasteiger partial charge >= 0.3 is 0 Å². The number of hydrogen-bond acceptors (Lipinski definition) is 4. The van der Waals surface area contributed by atoms with Crippen molar-refractivity contribution in [1.29, 1.82) is 0 Å². The van der Waals surface area contributed by atoms with Gasteiger partial charge in [0.2, 0.25) is 21.8 Å². The second-order valence-electron chi connectivity index (χ2n) is 9.03. The van der Waals surface area contributed by atoms with E-state index in [1.54, 1.807) is 50.2 Å². The average molecular weight is 577 g/mol. The SMILES string of the molecule is CCC(C(=O)NCC(C)C)N(Cc1ccc(Cl)c(Cl)c1)C(=O)CN(c1ccc(Cl)cc1C)S(C)(=O)=O. The van der Waals surface area contributed by atoms with E-state index in [1.165, 1.54) is 4.90 Å². The van der Waals surface area contributed by atoms with Crippen LogP contribution >= 0.6 is 34.8 Å². The molecule has 0 bridgehead atoms. The van der Waals surface area contributed by atoms with Crippen LogP contribution in [0.3, 0.4) is 0 Å². The van der Waals surface area contributed by atoms with Crippen LogP contribution in [0.1, 0.15) is 38.3 Å². The van der Waals surface area contributed by atoms with Gasteiger partial charge in [-0.3, -0.25) is 13.9 Å². The molecule has 36 heavy (non-hydrogen) atoms. The summed E-state index contributed by atoms with van der Waals surface area (Å²) in [6.45, 7) is 7.45. The fourth-order valence-electron chi connectivity index (χ4n) is 3.67. The first-order valence-electron chi connectivity index (χ1n) is 11.5. The summed E-state index contributed by atoms with van der Waals surface area (Å²) in [7, 11) is -3.84. The van der Waals surface area contributed by atoms with Gasteiger partial charge in [-0.25, -0.2) is 8.42 Å². The molecule has 7 nitrogen and oxygen atoms in total. The van der Waals surface area contributed by atoms with Crippen LogP contribution in [0.4, 0.5) is 5.69 Å². The molecule has 0 aliphatic rings. The third kappa shape index (κ3) is 8.26. The highest BCUT2D eigenvalue weighted by molar-refractivity contribution is 7.92. The highest BCUT2D eigenvalue weighted by atomic mass is 35.5. The van der Waals surface area contributed by atoms with Crippen molar-refractivity contribution in [2.45, 2.75) is 46.7 Å². The molecule has 0 fully saturated rings. The van der Waals surface area contributed by atoms with Gasteiger partial charge in [-0.15, -0.1) is 0 Å². The number of sulfonamides is 1. The molecule has 1 unspecified atom stereocenters. The van der Waals surface area contributed by atoms with E-state index in [1.807, 2.05) is 13.8 Å². The summed E-state index contributed by atoms with van der Waals surface area (Å²) in [6, 6.07) is 8.88. The molecule has 0 saturated heterocycles. The van der Waals surface area contributed by atoms with E-state index in [9.17, 15) is 18.0 Å². The van der Waals surface area contributed by atoms with Crippen LogP contribution in [-0.4, -0.2) is 50.5 Å². The molecule has 2 aromatic carbocycles. The van der Waals surface area contributed by atoms with Crippen molar-refractivity contribution in [2.24, 2.45) is 5.92 Å². The van der Waals surface area contributed by atoms with Crippen LogP contribution in [0.25, 0.3) is 0 Å². The molecular formula is C25H32Cl3N3O4S. The van der Waals surface area contributed by atoms with Crippen LogP contribution in [-0.2, 0) is 26.2 Å². The number of amides is 2. The smallest absolute Gasteiger partial charge is 0.244 e. The lowest BCUT2D eigenvalue weighted by Crippen LogP contribution is -2.52. The standard InChI is InChI=1S/C25H32Cl3N3O4S/c1-6-22(25(33)29-13-16(2)3)30(14-18-7-9-20(27)21(28)12-18)24(32)15-31(36(5,34)35)23-10-8-19(26)11-17(23)4/h7-12,16,22H,6,13-15H2,1-5H3,(H,29,33). The van der Waals surface area contributed by atoms with Crippen LogP contribution in [0, 0.1) is 12.8 Å². The van der Waals surface area contributed by atoms with Crippen molar-refractivity contribution in [3.63, 3.8) is 0 Å². The van der Waals surface area contributed by atoms with E-state index in [4.69, 9.17) is 34.8 Å². The first-order valence-corrected chi connectivity index (χ1v) is 14.5. The fraction of sp³-hybridized carbons (Fsp3) is 0.440. The third-order valence-corrected chi connectivity index (χ3v) is 7.61. The van der Waals surface area contributed by atoms with Gasteiger partial charge < -0.3 is 10.2 Å². The minimum atomic E-state index is -3.84. The van der Waals surface area contributed by atoms with E-state index in [-0.39, 0.29) is 18.4 Å². The number of carbonyl (C=O) groups is 2. The minimum absolute atomic E-state index is 0.0422. The molecule has 0 aliphatic heterocycles. The Morgan fingerprint density at radius 1 is 1.03 bits per heavy atom. The Balaban J connectivity index is 2.48. The van der Waals surface area contributed by atoms with Gasteiger partial charge in [0.1, 0.15) is 12.6 Å². The zero-order chi connectivity index (χ0) is 27.2. The quantitative estimate of drug-likeness (QED) is 0.393. The Morgan fingerprint density at radius 2 is 1.69 bits per heavy atom. The second kappa shape index (κ2) is 13.0. The molecule has 11 heteroatoms. The van der Waals surface area contributed by atoms with Crippen LogP contribution in [0.2, 0.25) is 15.1 Å². The maximum atomic E-state index is 13.7. The molecular weight excluding hydrogens is 545 g/mol. The third-order valence-electron chi connectivity index (χ3n) is 5.51. The Hall–Kier alpha value is -2.00. The largest absolute Gasteiger partial charge is 0.354 e. The second-order valence-corrected chi connectivity index (χ2v) is 12.2. The highest BCUT2D eigenvalue weighted by Gasteiger charge is 2.32. The number of nitrogens with zero attached hydrogens (tertiary/aromatic N) is 2. The maximum Gasteiger partial charge on any atom is 0.244 e. The highest BCUT2D eigenvalue weighted by Crippen LogP contribution is 2.27. The van der Waals surface area contributed by atoms with E-state index >= 15 is 0 Å².